The molecule has 0 rings (SSSR count). The monoisotopic (exact) mass is 202 g/mol. The van der Waals surface area contributed by atoms with Crippen LogP contribution >= 0.6 is 0 Å². The van der Waals surface area contributed by atoms with Crippen LogP contribution in [0.5, 0.6) is 0 Å². The van der Waals surface area contributed by atoms with E-state index in [0.717, 1.165) is 19.5 Å². The molecule has 0 spiro atoms. The summed E-state index contributed by atoms with van der Waals surface area (Å²) in [5.74, 6) is 0.151. The van der Waals surface area contributed by atoms with Gasteiger partial charge >= 0.3 is 0 Å². The fraction of sp³-hybridized carbons (Fsp3) is 0.900. The van der Waals surface area contributed by atoms with E-state index in [1.807, 2.05) is 20.9 Å². The van der Waals surface area contributed by atoms with Gasteiger partial charge in [0.1, 0.15) is 0 Å². The Balaban J connectivity index is 3.39. The molecule has 4 nitrogen and oxygen atoms in total. The molecule has 1 amide bonds. The molecular weight excluding hydrogens is 180 g/mol. The molecular formula is C10H22N2O2. The Morgan fingerprint density at radius 1 is 1.43 bits per heavy atom. The van der Waals surface area contributed by atoms with Crippen LogP contribution in [0, 0.1) is 5.92 Å². The number of rotatable bonds is 7. The van der Waals surface area contributed by atoms with Crippen LogP contribution in [0.15, 0.2) is 0 Å². The number of likely N-dealkylation sites (N-methyl/N-ethyl adjacent to an activating group) is 1. The average molecular weight is 202 g/mol. The standard InChI is InChI=1S/C10H22N2O2/c1-9(2)10(14)11-5-7-12(3)6-4-8-13/h9,13H,4-8H2,1-3H3,(H,11,14). The number of carbonyl (C=O) groups excluding carboxylic acids is 1. The van der Waals surface area contributed by atoms with E-state index < -0.39 is 0 Å². The van der Waals surface area contributed by atoms with Crippen LogP contribution in [0.2, 0.25) is 0 Å². The third-order valence-electron chi connectivity index (χ3n) is 2.02. The van der Waals surface area contributed by atoms with Crippen molar-refractivity contribution in [3.05, 3.63) is 0 Å². The van der Waals surface area contributed by atoms with Crippen molar-refractivity contribution in [2.45, 2.75) is 20.3 Å². The summed E-state index contributed by atoms with van der Waals surface area (Å²) in [6, 6.07) is 0. The van der Waals surface area contributed by atoms with Crippen molar-refractivity contribution in [2.24, 2.45) is 5.92 Å². The molecule has 0 fully saturated rings. The smallest absolute Gasteiger partial charge is 0.222 e. The maximum atomic E-state index is 11.2. The molecule has 0 aliphatic rings. The quantitative estimate of drug-likeness (QED) is 0.614. The Bertz CT molecular complexity index is 160. The first-order valence-electron chi connectivity index (χ1n) is 5.15. The molecule has 0 unspecified atom stereocenters. The van der Waals surface area contributed by atoms with Crippen molar-refractivity contribution in [3.8, 4) is 0 Å². The van der Waals surface area contributed by atoms with Gasteiger partial charge in [-0.2, -0.15) is 0 Å². The van der Waals surface area contributed by atoms with Crippen LogP contribution in [0.3, 0.4) is 0 Å². The highest BCUT2D eigenvalue weighted by Gasteiger charge is 2.05. The predicted molar refractivity (Wildman–Crippen MR) is 57.0 cm³/mol. The van der Waals surface area contributed by atoms with Crippen molar-refractivity contribution in [1.82, 2.24) is 10.2 Å². The van der Waals surface area contributed by atoms with Gasteiger partial charge in [0.05, 0.1) is 0 Å². The van der Waals surface area contributed by atoms with Crippen LogP contribution < -0.4 is 5.32 Å². The van der Waals surface area contributed by atoms with Gasteiger partial charge < -0.3 is 15.3 Å². The Hall–Kier alpha value is -0.610. The van der Waals surface area contributed by atoms with Gasteiger partial charge in [-0.25, -0.2) is 0 Å². The van der Waals surface area contributed by atoms with E-state index in [4.69, 9.17) is 5.11 Å². The Morgan fingerprint density at radius 2 is 2.07 bits per heavy atom. The molecule has 84 valence electrons. The lowest BCUT2D eigenvalue weighted by Gasteiger charge is -2.16. The van der Waals surface area contributed by atoms with E-state index in [1.54, 1.807) is 0 Å². The molecule has 0 saturated carbocycles. The fourth-order valence-electron chi connectivity index (χ4n) is 1.03. The second-order valence-electron chi connectivity index (χ2n) is 3.83. The highest BCUT2D eigenvalue weighted by atomic mass is 16.3. The summed E-state index contributed by atoms with van der Waals surface area (Å²) in [5.41, 5.74) is 0. The average Bonchev–Trinajstić information content (AvgIpc) is 2.14. The molecule has 0 saturated heterocycles. The molecule has 0 bridgehead atoms. The number of nitrogens with zero attached hydrogens (tertiary/aromatic N) is 1. The molecule has 0 aromatic rings. The maximum Gasteiger partial charge on any atom is 0.222 e. The summed E-state index contributed by atoms with van der Waals surface area (Å²) in [6.07, 6.45) is 0.786. The first-order chi connectivity index (χ1) is 6.57. The van der Waals surface area contributed by atoms with Gasteiger partial charge in [0.15, 0.2) is 0 Å². The lowest BCUT2D eigenvalue weighted by Crippen LogP contribution is -2.35. The molecule has 0 aromatic carbocycles. The van der Waals surface area contributed by atoms with Gasteiger partial charge in [0.2, 0.25) is 5.91 Å². The highest BCUT2D eigenvalue weighted by Crippen LogP contribution is 1.90. The van der Waals surface area contributed by atoms with Gasteiger partial charge in [-0.05, 0) is 13.5 Å². The summed E-state index contributed by atoms with van der Waals surface area (Å²) >= 11 is 0. The van der Waals surface area contributed by atoms with Crippen molar-refractivity contribution >= 4 is 5.91 Å². The van der Waals surface area contributed by atoms with E-state index in [0.29, 0.717) is 6.54 Å². The summed E-state index contributed by atoms with van der Waals surface area (Å²) in [6.45, 7) is 6.36. The summed E-state index contributed by atoms with van der Waals surface area (Å²) in [4.78, 5) is 13.3. The third-order valence-corrected chi connectivity index (χ3v) is 2.02. The minimum atomic E-state index is 0.0535. The zero-order valence-corrected chi connectivity index (χ0v) is 9.42. The lowest BCUT2D eigenvalue weighted by atomic mass is 10.2. The Morgan fingerprint density at radius 3 is 2.57 bits per heavy atom. The molecule has 0 aromatic heterocycles. The number of aliphatic hydroxyl groups is 1. The zero-order valence-electron chi connectivity index (χ0n) is 9.42. The fourth-order valence-corrected chi connectivity index (χ4v) is 1.03. The van der Waals surface area contributed by atoms with Crippen molar-refractivity contribution < 1.29 is 9.90 Å². The largest absolute Gasteiger partial charge is 0.396 e. The van der Waals surface area contributed by atoms with Gasteiger partial charge in [0.25, 0.3) is 0 Å². The van der Waals surface area contributed by atoms with Gasteiger partial charge in [-0.1, -0.05) is 13.8 Å². The molecule has 14 heavy (non-hydrogen) atoms. The van der Waals surface area contributed by atoms with Gasteiger partial charge in [-0.3, -0.25) is 4.79 Å². The molecule has 0 aliphatic heterocycles. The van der Waals surface area contributed by atoms with Crippen LogP contribution in [0.1, 0.15) is 20.3 Å². The van der Waals surface area contributed by atoms with Crippen molar-refractivity contribution in [1.29, 1.82) is 0 Å². The highest BCUT2D eigenvalue weighted by molar-refractivity contribution is 5.77. The number of amides is 1. The molecule has 0 atom stereocenters. The van der Waals surface area contributed by atoms with E-state index in [9.17, 15) is 4.79 Å². The summed E-state index contributed by atoms with van der Waals surface area (Å²) in [7, 11) is 1.98. The van der Waals surface area contributed by atoms with Crippen molar-refractivity contribution in [2.75, 3.05) is 33.3 Å². The number of aliphatic hydroxyl groups excluding tert-OH is 1. The summed E-state index contributed by atoms with van der Waals surface area (Å²) < 4.78 is 0. The second-order valence-corrected chi connectivity index (χ2v) is 3.83. The molecule has 0 heterocycles. The predicted octanol–water partition coefficient (Wildman–Crippen LogP) is 0.0728. The Labute approximate surface area is 86.3 Å². The molecule has 0 aliphatic carbocycles. The summed E-state index contributed by atoms with van der Waals surface area (Å²) in [5, 5.41) is 11.5. The zero-order chi connectivity index (χ0) is 11.0. The minimum absolute atomic E-state index is 0.0535. The Kier molecular flexibility index (Phi) is 7.42. The third kappa shape index (κ3) is 6.86. The normalized spacial score (nSPS) is 11.0. The molecule has 4 heteroatoms. The van der Waals surface area contributed by atoms with Crippen LogP contribution in [0.25, 0.3) is 0 Å². The van der Waals surface area contributed by atoms with E-state index in [2.05, 4.69) is 10.2 Å². The van der Waals surface area contributed by atoms with Crippen LogP contribution in [-0.2, 0) is 4.79 Å². The number of nitrogens with one attached hydrogen (secondary N) is 1. The maximum absolute atomic E-state index is 11.2. The van der Waals surface area contributed by atoms with Crippen LogP contribution in [0.4, 0.5) is 0 Å². The second kappa shape index (κ2) is 7.76. The van der Waals surface area contributed by atoms with E-state index >= 15 is 0 Å². The molecule has 2 N–H and O–H groups in total. The van der Waals surface area contributed by atoms with Crippen LogP contribution in [-0.4, -0.2) is 49.2 Å². The van der Waals surface area contributed by atoms with E-state index in [1.165, 1.54) is 0 Å². The molecule has 0 radical (unpaired) electrons. The number of carbonyl (C=O) groups is 1. The van der Waals surface area contributed by atoms with E-state index in [-0.39, 0.29) is 18.4 Å². The SMILES string of the molecule is CC(C)C(=O)NCCN(C)CCCO. The number of hydrogen-bond acceptors (Lipinski definition) is 3. The first kappa shape index (κ1) is 13.4. The lowest BCUT2D eigenvalue weighted by molar-refractivity contribution is -0.124. The van der Waals surface area contributed by atoms with Gasteiger partial charge in [-0.15, -0.1) is 0 Å². The minimum Gasteiger partial charge on any atom is -0.396 e. The number of hydrogen-bond donors (Lipinski definition) is 2. The van der Waals surface area contributed by atoms with Crippen molar-refractivity contribution in [3.63, 3.8) is 0 Å². The first-order valence-corrected chi connectivity index (χ1v) is 5.15. The topological polar surface area (TPSA) is 52.6 Å². The van der Waals surface area contributed by atoms with Gasteiger partial charge in [0, 0.05) is 32.2 Å².